The average molecular weight is 298 g/mol. The predicted molar refractivity (Wildman–Crippen MR) is 74.6 cm³/mol. The van der Waals surface area contributed by atoms with Crippen LogP contribution in [0.2, 0.25) is 0 Å². The number of nitro benzene ring substituents is 1. The fourth-order valence-corrected chi connectivity index (χ4v) is 1.66. The Labute approximate surface area is 122 Å². The van der Waals surface area contributed by atoms with Crippen molar-refractivity contribution >= 4 is 11.7 Å². The minimum atomic E-state index is -0.703. The fourth-order valence-electron chi connectivity index (χ4n) is 1.66. The van der Waals surface area contributed by atoms with Crippen LogP contribution in [0.4, 0.5) is 5.69 Å². The number of benzene rings is 1. The summed E-state index contributed by atoms with van der Waals surface area (Å²) in [5.41, 5.74) is -0.198. The molecule has 1 aromatic rings. The molecule has 0 fully saturated rings. The third-order valence-electron chi connectivity index (χ3n) is 2.71. The van der Waals surface area contributed by atoms with E-state index in [1.54, 1.807) is 0 Å². The first-order valence-electron chi connectivity index (χ1n) is 6.29. The molecule has 0 heterocycles. The molecule has 0 amide bonds. The number of carbonyl (C=O) groups excluding carboxylic acids is 1. The van der Waals surface area contributed by atoms with Crippen LogP contribution in [0, 0.1) is 10.1 Å². The average Bonchev–Trinajstić information content (AvgIpc) is 2.50. The third kappa shape index (κ3) is 4.60. The number of methoxy groups -OCH3 is 2. The van der Waals surface area contributed by atoms with E-state index in [4.69, 9.17) is 9.47 Å². The van der Waals surface area contributed by atoms with Gasteiger partial charge in [-0.2, -0.15) is 0 Å². The zero-order chi connectivity index (χ0) is 15.8. The molecule has 116 valence electrons. The smallest absolute Gasteiger partial charge is 0.326 e. The van der Waals surface area contributed by atoms with E-state index in [1.807, 2.05) is 6.92 Å². The van der Waals surface area contributed by atoms with E-state index in [0.29, 0.717) is 12.3 Å². The lowest BCUT2D eigenvalue weighted by Gasteiger charge is -2.16. The SMILES string of the molecule is CCNC(COc1cc(OC)ccc1[N+](=O)[O-])C(=O)OC. The summed E-state index contributed by atoms with van der Waals surface area (Å²) in [6.45, 7) is 2.27. The van der Waals surface area contributed by atoms with Crippen LogP contribution in [0.25, 0.3) is 0 Å². The molecule has 0 bridgehead atoms. The van der Waals surface area contributed by atoms with Gasteiger partial charge in [-0.1, -0.05) is 6.92 Å². The van der Waals surface area contributed by atoms with Crippen LogP contribution in [0.5, 0.6) is 11.5 Å². The van der Waals surface area contributed by atoms with E-state index in [2.05, 4.69) is 10.1 Å². The van der Waals surface area contributed by atoms with E-state index in [1.165, 1.54) is 32.4 Å². The molecule has 1 rings (SSSR count). The van der Waals surface area contributed by atoms with Crippen LogP contribution in [0.1, 0.15) is 6.92 Å². The Bertz CT molecular complexity index is 505. The van der Waals surface area contributed by atoms with E-state index in [0.717, 1.165) is 0 Å². The monoisotopic (exact) mass is 298 g/mol. The molecule has 1 atom stereocenters. The normalized spacial score (nSPS) is 11.6. The highest BCUT2D eigenvalue weighted by atomic mass is 16.6. The Hall–Kier alpha value is -2.35. The van der Waals surface area contributed by atoms with Crippen LogP contribution in [-0.4, -0.2) is 44.3 Å². The summed E-state index contributed by atoms with van der Waals surface area (Å²) in [6.07, 6.45) is 0. The van der Waals surface area contributed by atoms with Crippen molar-refractivity contribution < 1.29 is 23.9 Å². The number of nitro groups is 1. The van der Waals surface area contributed by atoms with Gasteiger partial charge in [-0.15, -0.1) is 0 Å². The zero-order valence-corrected chi connectivity index (χ0v) is 12.1. The summed E-state index contributed by atoms with van der Waals surface area (Å²) in [7, 11) is 2.71. The number of nitrogens with zero attached hydrogens (tertiary/aromatic N) is 1. The fraction of sp³-hybridized carbons (Fsp3) is 0.462. The summed E-state index contributed by atoms with van der Waals surface area (Å²) < 4.78 is 15.0. The molecular weight excluding hydrogens is 280 g/mol. The molecule has 21 heavy (non-hydrogen) atoms. The Morgan fingerprint density at radius 3 is 2.67 bits per heavy atom. The van der Waals surface area contributed by atoms with Crippen LogP contribution in [-0.2, 0) is 9.53 Å². The molecule has 0 radical (unpaired) electrons. The van der Waals surface area contributed by atoms with Crippen LogP contribution < -0.4 is 14.8 Å². The number of rotatable bonds is 8. The molecule has 0 saturated carbocycles. The van der Waals surface area contributed by atoms with Gasteiger partial charge in [0.2, 0.25) is 5.75 Å². The first-order chi connectivity index (χ1) is 10.0. The molecule has 0 saturated heterocycles. The number of hydrogen-bond donors (Lipinski definition) is 1. The van der Waals surface area contributed by atoms with Crippen molar-refractivity contribution in [3.63, 3.8) is 0 Å². The number of likely N-dealkylation sites (N-methyl/N-ethyl adjacent to an activating group) is 1. The van der Waals surface area contributed by atoms with Gasteiger partial charge >= 0.3 is 11.7 Å². The first-order valence-corrected chi connectivity index (χ1v) is 6.29. The highest BCUT2D eigenvalue weighted by Crippen LogP contribution is 2.31. The molecule has 0 aliphatic rings. The van der Waals surface area contributed by atoms with E-state index >= 15 is 0 Å². The van der Waals surface area contributed by atoms with Gasteiger partial charge in [0.15, 0.2) is 0 Å². The van der Waals surface area contributed by atoms with Gasteiger partial charge in [0.05, 0.1) is 19.1 Å². The van der Waals surface area contributed by atoms with E-state index < -0.39 is 16.9 Å². The predicted octanol–water partition coefficient (Wildman–Crippen LogP) is 1.13. The van der Waals surface area contributed by atoms with E-state index in [9.17, 15) is 14.9 Å². The van der Waals surface area contributed by atoms with Crippen molar-refractivity contribution in [2.24, 2.45) is 0 Å². The number of carbonyl (C=O) groups is 1. The van der Waals surface area contributed by atoms with Crippen molar-refractivity contribution in [1.29, 1.82) is 0 Å². The van der Waals surface area contributed by atoms with Crippen molar-refractivity contribution in [3.05, 3.63) is 28.3 Å². The summed E-state index contributed by atoms with van der Waals surface area (Å²) in [6, 6.07) is 3.45. The second-order valence-corrected chi connectivity index (χ2v) is 4.04. The maximum Gasteiger partial charge on any atom is 0.326 e. The standard InChI is InChI=1S/C13H18N2O6/c1-4-14-10(13(16)20-3)8-21-12-7-9(19-2)5-6-11(12)15(17)18/h5-7,10,14H,4,8H2,1-3H3. The number of esters is 1. The lowest BCUT2D eigenvalue weighted by molar-refractivity contribution is -0.385. The molecule has 8 nitrogen and oxygen atoms in total. The molecule has 1 unspecified atom stereocenters. The Morgan fingerprint density at radius 1 is 1.43 bits per heavy atom. The topological polar surface area (TPSA) is 99.9 Å². The van der Waals surface area contributed by atoms with Gasteiger partial charge in [0, 0.05) is 12.1 Å². The molecule has 0 aromatic heterocycles. The number of nitrogens with one attached hydrogen (secondary N) is 1. The second-order valence-electron chi connectivity index (χ2n) is 4.04. The maximum absolute atomic E-state index is 11.5. The van der Waals surface area contributed by atoms with Gasteiger partial charge in [0.25, 0.3) is 0 Å². The lowest BCUT2D eigenvalue weighted by atomic mass is 10.2. The van der Waals surface area contributed by atoms with Crippen LogP contribution in [0.15, 0.2) is 18.2 Å². The summed E-state index contributed by atoms with van der Waals surface area (Å²) in [5, 5.41) is 13.8. The van der Waals surface area contributed by atoms with Crippen molar-refractivity contribution in [2.75, 3.05) is 27.4 Å². The van der Waals surface area contributed by atoms with Crippen molar-refractivity contribution in [1.82, 2.24) is 5.32 Å². The summed E-state index contributed by atoms with van der Waals surface area (Å²) in [4.78, 5) is 21.9. The molecule has 1 aromatic carbocycles. The minimum Gasteiger partial charge on any atom is -0.497 e. The molecule has 0 spiro atoms. The van der Waals surface area contributed by atoms with Crippen LogP contribution in [0.3, 0.4) is 0 Å². The lowest BCUT2D eigenvalue weighted by Crippen LogP contribution is -2.42. The van der Waals surface area contributed by atoms with Crippen molar-refractivity contribution in [2.45, 2.75) is 13.0 Å². The van der Waals surface area contributed by atoms with E-state index in [-0.39, 0.29) is 18.0 Å². The highest BCUT2D eigenvalue weighted by molar-refractivity contribution is 5.75. The molecule has 1 N–H and O–H groups in total. The molecule has 0 aliphatic heterocycles. The Morgan fingerprint density at radius 2 is 2.14 bits per heavy atom. The largest absolute Gasteiger partial charge is 0.497 e. The zero-order valence-electron chi connectivity index (χ0n) is 12.1. The van der Waals surface area contributed by atoms with Crippen LogP contribution >= 0.6 is 0 Å². The van der Waals surface area contributed by atoms with Gasteiger partial charge in [-0.25, -0.2) is 0 Å². The van der Waals surface area contributed by atoms with Crippen molar-refractivity contribution in [3.8, 4) is 11.5 Å². The quantitative estimate of drug-likeness (QED) is 0.436. The Kier molecular flexibility index (Phi) is 6.41. The second kappa shape index (κ2) is 8.05. The Balaban J connectivity index is 2.89. The van der Waals surface area contributed by atoms with Gasteiger partial charge in [0.1, 0.15) is 18.4 Å². The van der Waals surface area contributed by atoms with Gasteiger partial charge < -0.3 is 19.5 Å². The maximum atomic E-state index is 11.5. The number of hydrogen-bond acceptors (Lipinski definition) is 7. The summed E-state index contributed by atoms with van der Waals surface area (Å²) in [5.74, 6) is -0.0396. The summed E-state index contributed by atoms with van der Waals surface area (Å²) >= 11 is 0. The molecular formula is C13H18N2O6. The van der Waals surface area contributed by atoms with Gasteiger partial charge in [-0.05, 0) is 12.6 Å². The van der Waals surface area contributed by atoms with Gasteiger partial charge in [-0.3, -0.25) is 14.9 Å². The third-order valence-corrected chi connectivity index (χ3v) is 2.71. The highest BCUT2D eigenvalue weighted by Gasteiger charge is 2.22. The molecule has 0 aliphatic carbocycles. The molecule has 8 heteroatoms. The minimum absolute atomic E-state index is 0.0335. The first kappa shape index (κ1) is 16.7. The number of ether oxygens (including phenoxy) is 3.